The van der Waals surface area contributed by atoms with Crippen LogP contribution in [0.3, 0.4) is 0 Å². The smallest absolute Gasteiger partial charge is 0.248 e. The highest BCUT2D eigenvalue weighted by atomic mass is 16.1. The molecule has 5 N–H and O–H groups in total. The molecule has 0 aliphatic carbocycles. The molecule has 0 radical (unpaired) electrons. The van der Waals surface area contributed by atoms with E-state index in [0.29, 0.717) is 5.82 Å². The van der Waals surface area contributed by atoms with Crippen molar-refractivity contribution in [2.24, 2.45) is 0 Å². The monoisotopic (exact) mass is 342 g/mol. The lowest BCUT2D eigenvalue weighted by molar-refractivity contribution is 1.13. The maximum Gasteiger partial charge on any atom is 0.248 e. The molecule has 126 valence electrons. The topological polar surface area (TPSA) is 116 Å². The summed E-state index contributed by atoms with van der Waals surface area (Å²) in [6.45, 7) is 0. The van der Waals surface area contributed by atoms with Crippen LogP contribution in [0.5, 0.6) is 0 Å². The predicted molar refractivity (Wildman–Crippen MR) is 102 cm³/mol. The maximum atomic E-state index is 11.6. The van der Waals surface area contributed by atoms with Crippen LogP contribution in [0.4, 0.5) is 5.82 Å². The first-order valence-corrected chi connectivity index (χ1v) is 8.10. The Morgan fingerprint density at radius 2 is 1.88 bits per heavy atom. The largest absolute Gasteiger partial charge is 0.382 e. The van der Waals surface area contributed by atoms with Crippen molar-refractivity contribution in [3.8, 4) is 22.4 Å². The summed E-state index contributed by atoms with van der Waals surface area (Å²) in [6.07, 6.45) is 3.39. The number of aromatic nitrogens is 5. The van der Waals surface area contributed by atoms with Gasteiger partial charge in [-0.2, -0.15) is 5.10 Å². The second-order valence-corrected chi connectivity index (χ2v) is 6.11. The van der Waals surface area contributed by atoms with E-state index < -0.39 is 0 Å². The van der Waals surface area contributed by atoms with Gasteiger partial charge in [-0.05, 0) is 41.5 Å². The number of anilines is 1. The zero-order valence-corrected chi connectivity index (χ0v) is 13.6. The summed E-state index contributed by atoms with van der Waals surface area (Å²) in [6, 6.07) is 13.4. The summed E-state index contributed by atoms with van der Waals surface area (Å²) in [5, 5.41) is 8.82. The SMILES string of the molecule is Nc1n[nH]c2ccc(-c3ccnc4[nH]c(-c5cc[nH]c(=O)c5)cc34)cc12. The van der Waals surface area contributed by atoms with Gasteiger partial charge in [0.05, 0.1) is 5.52 Å². The van der Waals surface area contributed by atoms with Gasteiger partial charge in [-0.15, -0.1) is 0 Å². The van der Waals surface area contributed by atoms with Crippen LogP contribution in [0.15, 0.2) is 59.7 Å². The number of hydrogen-bond acceptors (Lipinski definition) is 4. The molecular formula is C19H14N6O. The van der Waals surface area contributed by atoms with Crippen LogP contribution in [-0.4, -0.2) is 25.1 Å². The van der Waals surface area contributed by atoms with E-state index in [2.05, 4.69) is 25.1 Å². The Kier molecular flexibility index (Phi) is 2.96. The van der Waals surface area contributed by atoms with Gasteiger partial charge in [-0.25, -0.2) is 4.98 Å². The van der Waals surface area contributed by atoms with E-state index in [1.807, 2.05) is 36.4 Å². The molecule has 7 nitrogen and oxygen atoms in total. The summed E-state index contributed by atoms with van der Waals surface area (Å²) in [5.41, 5.74) is 11.2. The van der Waals surface area contributed by atoms with Gasteiger partial charge in [0.25, 0.3) is 0 Å². The number of H-pyrrole nitrogens is 3. The molecular weight excluding hydrogens is 328 g/mol. The van der Waals surface area contributed by atoms with Crippen LogP contribution in [0, 0.1) is 0 Å². The van der Waals surface area contributed by atoms with Gasteiger partial charge in [-0.1, -0.05) is 6.07 Å². The zero-order valence-electron chi connectivity index (χ0n) is 13.6. The Hall–Kier alpha value is -3.87. The number of nitrogens with zero attached hydrogens (tertiary/aromatic N) is 2. The molecule has 5 rings (SSSR count). The van der Waals surface area contributed by atoms with Crippen molar-refractivity contribution in [1.82, 2.24) is 25.1 Å². The molecule has 0 atom stereocenters. The van der Waals surface area contributed by atoms with Gasteiger partial charge in [0.1, 0.15) is 5.65 Å². The zero-order chi connectivity index (χ0) is 17.7. The lowest BCUT2D eigenvalue weighted by atomic mass is 10.0. The van der Waals surface area contributed by atoms with Gasteiger partial charge in [0, 0.05) is 40.5 Å². The van der Waals surface area contributed by atoms with Crippen molar-refractivity contribution in [3.63, 3.8) is 0 Å². The lowest BCUT2D eigenvalue weighted by Gasteiger charge is -2.03. The third-order valence-corrected chi connectivity index (χ3v) is 4.52. The van der Waals surface area contributed by atoms with Crippen LogP contribution in [-0.2, 0) is 0 Å². The molecule has 1 aromatic carbocycles. The fraction of sp³-hybridized carbons (Fsp3) is 0. The van der Waals surface area contributed by atoms with Crippen LogP contribution in [0.25, 0.3) is 44.3 Å². The molecule has 4 aromatic heterocycles. The summed E-state index contributed by atoms with van der Waals surface area (Å²) >= 11 is 0. The number of fused-ring (bicyclic) bond motifs is 2. The highest BCUT2D eigenvalue weighted by Crippen LogP contribution is 2.33. The van der Waals surface area contributed by atoms with Gasteiger partial charge in [0.2, 0.25) is 5.56 Å². The van der Waals surface area contributed by atoms with E-state index >= 15 is 0 Å². The first-order chi connectivity index (χ1) is 12.7. The number of hydrogen-bond donors (Lipinski definition) is 4. The average Bonchev–Trinajstić information content (AvgIpc) is 3.25. The molecule has 0 bridgehead atoms. The normalized spacial score (nSPS) is 11.4. The molecule has 5 aromatic rings. The van der Waals surface area contributed by atoms with Gasteiger partial charge in [0.15, 0.2) is 5.82 Å². The van der Waals surface area contributed by atoms with Crippen LogP contribution in [0.1, 0.15) is 0 Å². The molecule has 4 heterocycles. The third-order valence-electron chi connectivity index (χ3n) is 4.52. The highest BCUT2D eigenvalue weighted by molar-refractivity contribution is 5.99. The molecule has 0 saturated heterocycles. The second-order valence-electron chi connectivity index (χ2n) is 6.11. The number of pyridine rings is 2. The molecule has 0 unspecified atom stereocenters. The van der Waals surface area contributed by atoms with Crippen molar-refractivity contribution in [2.45, 2.75) is 0 Å². The van der Waals surface area contributed by atoms with E-state index in [1.165, 1.54) is 0 Å². The number of benzene rings is 1. The van der Waals surface area contributed by atoms with Crippen molar-refractivity contribution < 1.29 is 0 Å². The van der Waals surface area contributed by atoms with Crippen molar-refractivity contribution in [3.05, 3.63) is 65.2 Å². The van der Waals surface area contributed by atoms with Gasteiger partial charge < -0.3 is 15.7 Å². The Morgan fingerprint density at radius 1 is 0.962 bits per heavy atom. The predicted octanol–water partition coefficient (Wildman–Crippen LogP) is 3.04. The molecule has 0 aliphatic heterocycles. The summed E-state index contributed by atoms with van der Waals surface area (Å²) < 4.78 is 0. The van der Waals surface area contributed by atoms with E-state index in [9.17, 15) is 4.79 Å². The molecule has 7 heteroatoms. The number of rotatable bonds is 2. The third kappa shape index (κ3) is 2.18. The highest BCUT2D eigenvalue weighted by Gasteiger charge is 2.11. The van der Waals surface area contributed by atoms with E-state index in [-0.39, 0.29) is 5.56 Å². The molecule has 26 heavy (non-hydrogen) atoms. The maximum absolute atomic E-state index is 11.6. The molecule has 0 fully saturated rings. The average molecular weight is 342 g/mol. The first kappa shape index (κ1) is 14.5. The minimum Gasteiger partial charge on any atom is -0.382 e. The second kappa shape index (κ2) is 5.32. The minimum atomic E-state index is -0.143. The summed E-state index contributed by atoms with van der Waals surface area (Å²) in [4.78, 5) is 21.9. The number of aromatic amines is 3. The molecule has 0 spiro atoms. The van der Waals surface area contributed by atoms with Crippen LogP contribution >= 0.6 is 0 Å². The number of nitrogens with one attached hydrogen (secondary N) is 3. The minimum absolute atomic E-state index is 0.143. The number of nitrogens with two attached hydrogens (primary N) is 1. The number of nitrogen functional groups attached to an aromatic ring is 1. The van der Waals surface area contributed by atoms with E-state index in [0.717, 1.165) is 44.3 Å². The van der Waals surface area contributed by atoms with E-state index in [4.69, 9.17) is 5.73 Å². The Morgan fingerprint density at radius 3 is 2.77 bits per heavy atom. The van der Waals surface area contributed by atoms with Gasteiger partial charge >= 0.3 is 0 Å². The van der Waals surface area contributed by atoms with Crippen molar-refractivity contribution >= 4 is 27.8 Å². The lowest BCUT2D eigenvalue weighted by Crippen LogP contribution is -2.01. The quantitative estimate of drug-likeness (QED) is 0.394. The fourth-order valence-electron chi connectivity index (χ4n) is 3.25. The van der Waals surface area contributed by atoms with Crippen molar-refractivity contribution in [1.29, 1.82) is 0 Å². The van der Waals surface area contributed by atoms with E-state index in [1.54, 1.807) is 18.5 Å². The Labute approximate surface area is 146 Å². The standard InChI is InChI=1S/C19H14N6O/c20-18-14-7-10(1-2-15(14)24-25-18)12-4-6-22-19-13(12)9-16(23-19)11-3-5-21-17(26)8-11/h1-9H,(H,21,26)(H,22,23)(H3,20,24,25). The van der Waals surface area contributed by atoms with Crippen LogP contribution in [0.2, 0.25) is 0 Å². The van der Waals surface area contributed by atoms with Crippen molar-refractivity contribution in [2.75, 3.05) is 5.73 Å². The Balaban J connectivity index is 1.72. The first-order valence-electron chi connectivity index (χ1n) is 8.10. The molecule has 0 aliphatic rings. The summed E-state index contributed by atoms with van der Waals surface area (Å²) in [7, 11) is 0. The summed E-state index contributed by atoms with van der Waals surface area (Å²) in [5.74, 6) is 0.477. The Bertz CT molecular complexity index is 1330. The molecule has 0 amide bonds. The van der Waals surface area contributed by atoms with Crippen LogP contribution < -0.4 is 11.3 Å². The fourth-order valence-corrected chi connectivity index (χ4v) is 3.25. The molecule has 0 saturated carbocycles. The van der Waals surface area contributed by atoms with Gasteiger partial charge in [-0.3, -0.25) is 9.89 Å².